The van der Waals surface area contributed by atoms with Crippen LogP contribution in [0.25, 0.3) is 0 Å². The second-order valence-electron chi connectivity index (χ2n) is 3.18. The Morgan fingerprint density at radius 1 is 1.18 bits per heavy atom. The fraction of sp³-hybridized carbons (Fsp3) is 0.222. The highest BCUT2D eigenvalue weighted by molar-refractivity contribution is 5.93. The molecule has 17 heavy (non-hydrogen) atoms. The van der Waals surface area contributed by atoms with E-state index in [2.05, 4.69) is 0 Å². The van der Waals surface area contributed by atoms with E-state index in [1.54, 1.807) is 0 Å². The number of alkyl halides is 5. The fourth-order valence-electron chi connectivity index (χ4n) is 1.12. The summed E-state index contributed by atoms with van der Waals surface area (Å²) in [5, 5.41) is 8.53. The monoisotopic (exact) mass is 255 g/mol. The molecule has 3 nitrogen and oxygen atoms in total. The van der Waals surface area contributed by atoms with Crippen LogP contribution in [0.5, 0.6) is 0 Å². The van der Waals surface area contributed by atoms with Crippen molar-refractivity contribution in [3.05, 3.63) is 29.3 Å². The Kier molecular flexibility index (Phi) is 3.00. The van der Waals surface area contributed by atoms with Gasteiger partial charge in [-0.2, -0.15) is 22.0 Å². The highest BCUT2D eigenvalue weighted by Gasteiger charge is 2.58. The molecule has 0 saturated carbocycles. The molecule has 1 rings (SSSR count). The molecule has 1 aromatic rings. The molecule has 3 N–H and O–H groups in total. The molecule has 94 valence electrons. The summed E-state index contributed by atoms with van der Waals surface area (Å²) in [6.07, 6.45) is -5.76. The summed E-state index contributed by atoms with van der Waals surface area (Å²) in [5.74, 6) is -6.58. The van der Waals surface area contributed by atoms with Crippen molar-refractivity contribution >= 4 is 11.7 Å². The number of hydrogen-bond donors (Lipinski definition) is 2. The number of hydrogen-bond acceptors (Lipinski definition) is 2. The van der Waals surface area contributed by atoms with Gasteiger partial charge in [-0.15, -0.1) is 0 Å². The first-order chi connectivity index (χ1) is 7.57. The van der Waals surface area contributed by atoms with Gasteiger partial charge in [0.05, 0.1) is 5.56 Å². The minimum Gasteiger partial charge on any atom is -0.478 e. The van der Waals surface area contributed by atoms with Crippen LogP contribution in [0.1, 0.15) is 15.9 Å². The number of nitrogens with two attached hydrogens (primary N) is 1. The first kappa shape index (κ1) is 13.2. The summed E-state index contributed by atoms with van der Waals surface area (Å²) < 4.78 is 61.7. The van der Waals surface area contributed by atoms with Crippen LogP contribution in [0.15, 0.2) is 18.2 Å². The average Bonchev–Trinajstić information content (AvgIpc) is 2.14. The van der Waals surface area contributed by atoms with Crippen molar-refractivity contribution in [3.8, 4) is 0 Å². The van der Waals surface area contributed by atoms with Gasteiger partial charge < -0.3 is 10.8 Å². The number of carbonyl (C=O) groups is 1. The highest BCUT2D eigenvalue weighted by atomic mass is 19.4. The van der Waals surface area contributed by atoms with Crippen LogP contribution < -0.4 is 5.73 Å². The predicted molar refractivity (Wildman–Crippen MR) is 47.8 cm³/mol. The van der Waals surface area contributed by atoms with Crippen LogP contribution in [0.2, 0.25) is 0 Å². The molecule has 0 fully saturated rings. The van der Waals surface area contributed by atoms with Gasteiger partial charge in [-0.25, -0.2) is 4.79 Å². The van der Waals surface area contributed by atoms with E-state index in [1.807, 2.05) is 0 Å². The number of anilines is 1. The van der Waals surface area contributed by atoms with Crippen LogP contribution in [-0.2, 0) is 5.92 Å². The Balaban J connectivity index is 3.28. The van der Waals surface area contributed by atoms with Gasteiger partial charge in [0, 0.05) is 11.3 Å². The molecule has 0 aliphatic carbocycles. The third-order valence-corrected chi connectivity index (χ3v) is 2.00. The quantitative estimate of drug-likeness (QED) is 0.630. The molecule has 0 atom stereocenters. The normalized spacial score (nSPS) is 12.5. The summed E-state index contributed by atoms with van der Waals surface area (Å²) in [6, 6.07) is 1.29. The van der Waals surface area contributed by atoms with Gasteiger partial charge in [-0.05, 0) is 12.1 Å². The molecule has 8 heteroatoms. The van der Waals surface area contributed by atoms with E-state index < -0.39 is 34.9 Å². The van der Waals surface area contributed by atoms with Crippen molar-refractivity contribution in [2.24, 2.45) is 0 Å². The van der Waals surface area contributed by atoms with E-state index in [0.717, 1.165) is 0 Å². The molecule has 0 aromatic heterocycles. The SMILES string of the molecule is Nc1cc(C(F)(F)C(F)(F)F)ccc1C(=O)O. The smallest absolute Gasteiger partial charge is 0.458 e. The maximum atomic E-state index is 12.8. The van der Waals surface area contributed by atoms with Gasteiger partial charge in [0.25, 0.3) is 0 Å². The number of carboxylic acids is 1. The average molecular weight is 255 g/mol. The largest absolute Gasteiger partial charge is 0.478 e. The lowest BCUT2D eigenvalue weighted by Crippen LogP contribution is -2.33. The number of carboxylic acid groups (broad SMARTS) is 1. The Morgan fingerprint density at radius 3 is 2.06 bits per heavy atom. The molecule has 0 saturated heterocycles. The summed E-state index contributed by atoms with van der Waals surface area (Å²) in [7, 11) is 0. The minimum atomic E-state index is -5.76. The Morgan fingerprint density at radius 2 is 1.71 bits per heavy atom. The zero-order valence-corrected chi connectivity index (χ0v) is 8.05. The number of benzene rings is 1. The van der Waals surface area contributed by atoms with Gasteiger partial charge in [0.15, 0.2) is 0 Å². The first-order valence-electron chi connectivity index (χ1n) is 4.15. The zero-order chi connectivity index (χ0) is 13.4. The number of aromatic carboxylic acids is 1. The molecule has 0 unspecified atom stereocenters. The van der Waals surface area contributed by atoms with Crippen LogP contribution in [0.4, 0.5) is 27.6 Å². The molecule has 0 bridgehead atoms. The maximum absolute atomic E-state index is 12.8. The third-order valence-electron chi connectivity index (χ3n) is 2.00. The van der Waals surface area contributed by atoms with Crippen LogP contribution >= 0.6 is 0 Å². The summed E-state index contributed by atoms with van der Waals surface area (Å²) in [4.78, 5) is 10.5. The van der Waals surface area contributed by atoms with Gasteiger partial charge in [-0.1, -0.05) is 6.07 Å². The van der Waals surface area contributed by atoms with Gasteiger partial charge in [-0.3, -0.25) is 0 Å². The van der Waals surface area contributed by atoms with Gasteiger partial charge in [0.1, 0.15) is 0 Å². The van der Waals surface area contributed by atoms with Gasteiger partial charge >= 0.3 is 18.1 Å². The number of nitrogen functional groups attached to an aromatic ring is 1. The van der Waals surface area contributed by atoms with Crippen molar-refractivity contribution in [3.63, 3.8) is 0 Å². The van der Waals surface area contributed by atoms with Crippen molar-refractivity contribution < 1.29 is 31.9 Å². The van der Waals surface area contributed by atoms with Crippen molar-refractivity contribution in [1.29, 1.82) is 0 Å². The molecular formula is C9H6F5NO2. The van der Waals surface area contributed by atoms with E-state index in [-0.39, 0.29) is 0 Å². The Labute approximate surface area is 91.6 Å². The maximum Gasteiger partial charge on any atom is 0.458 e. The Bertz CT molecular complexity index is 455. The van der Waals surface area contributed by atoms with E-state index in [9.17, 15) is 26.7 Å². The molecule has 0 amide bonds. The molecule has 0 aliphatic heterocycles. The highest BCUT2D eigenvalue weighted by Crippen LogP contribution is 2.44. The second kappa shape index (κ2) is 3.86. The summed E-state index contributed by atoms with van der Waals surface area (Å²) in [5.41, 5.74) is 2.50. The zero-order valence-electron chi connectivity index (χ0n) is 8.05. The van der Waals surface area contributed by atoms with E-state index in [0.29, 0.717) is 18.2 Å². The molecule has 0 aliphatic rings. The van der Waals surface area contributed by atoms with Crippen molar-refractivity contribution in [1.82, 2.24) is 0 Å². The topological polar surface area (TPSA) is 63.3 Å². The van der Waals surface area contributed by atoms with Crippen LogP contribution in [0.3, 0.4) is 0 Å². The third kappa shape index (κ3) is 2.29. The van der Waals surface area contributed by atoms with Crippen molar-refractivity contribution in [2.75, 3.05) is 5.73 Å². The minimum absolute atomic E-state index is 0.303. The molecule has 0 radical (unpaired) electrons. The second-order valence-corrected chi connectivity index (χ2v) is 3.18. The van der Waals surface area contributed by atoms with Gasteiger partial charge in [0.2, 0.25) is 0 Å². The lowest BCUT2D eigenvalue weighted by Gasteiger charge is -2.20. The van der Waals surface area contributed by atoms with Crippen LogP contribution in [-0.4, -0.2) is 17.3 Å². The first-order valence-corrected chi connectivity index (χ1v) is 4.15. The molecule has 1 aromatic carbocycles. The van der Waals surface area contributed by atoms with E-state index in [4.69, 9.17) is 10.8 Å². The van der Waals surface area contributed by atoms with E-state index in [1.165, 1.54) is 0 Å². The number of halogens is 5. The molecule has 0 heterocycles. The standard InChI is InChI=1S/C9H6F5NO2/c10-8(11,9(12,13)14)4-1-2-5(7(16)17)6(15)3-4/h1-3H,15H2,(H,16,17). The van der Waals surface area contributed by atoms with Crippen molar-refractivity contribution in [2.45, 2.75) is 12.1 Å². The lowest BCUT2D eigenvalue weighted by molar-refractivity contribution is -0.289. The Hall–Kier alpha value is -1.86. The summed E-state index contributed by atoms with van der Waals surface area (Å²) in [6.45, 7) is 0. The predicted octanol–water partition coefficient (Wildman–Crippen LogP) is 2.62. The molecule has 0 spiro atoms. The van der Waals surface area contributed by atoms with Crippen LogP contribution in [0, 0.1) is 0 Å². The molecular weight excluding hydrogens is 249 g/mol. The van der Waals surface area contributed by atoms with E-state index >= 15 is 0 Å². The lowest BCUT2D eigenvalue weighted by atomic mass is 10.0. The fourth-order valence-corrected chi connectivity index (χ4v) is 1.12. The number of rotatable bonds is 2. The summed E-state index contributed by atoms with van der Waals surface area (Å²) >= 11 is 0.